The molecule has 8 N–H and O–H groups in total. The first kappa shape index (κ1) is 61.3. The third kappa shape index (κ3) is 16.3. The van der Waals surface area contributed by atoms with Crippen molar-refractivity contribution in [1.29, 1.82) is 0 Å². The van der Waals surface area contributed by atoms with Crippen molar-refractivity contribution >= 4 is 62.1 Å². The van der Waals surface area contributed by atoms with Crippen molar-refractivity contribution < 1.29 is 60.8 Å². The summed E-state index contributed by atoms with van der Waals surface area (Å²) in [7, 11) is -4.14. The summed E-state index contributed by atoms with van der Waals surface area (Å²) in [6.45, 7) is 9.57. The lowest BCUT2D eigenvalue weighted by molar-refractivity contribution is -0.437. The number of carboxylic acids is 1. The summed E-state index contributed by atoms with van der Waals surface area (Å²) >= 11 is -1.94. The molecule has 2 heterocycles. The topological polar surface area (TPSA) is 263 Å². The van der Waals surface area contributed by atoms with Gasteiger partial charge in [0.15, 0.2) is 28.5 Å². The molecule has 6 atom stereocenters. The Bertz CT molecular complexity index is 2880. The summed E-state index contributed by atoms with van der Waals surface area (Å²) in [4.78, 5) is 50.6. The lowest BCUT2D eigenvalue weighted by Gasteiger charge is -2.31. The Balaban J connectivity index is 1.22. The molecule has 0 saturated heterocycles. The molecular weight excluding hydrogens is 1030 g/mol. The van der Waals surface area contributed by atoms with Gasteiger partial charge in [-0.3, -0.25) is 9.35 Å². The van der Waals surface area contributed by atoms with Gasteiger partial charge in [0.1, 0.15) is 12.6 Å². The Morgan fingerprint density at radius 3 is 2.35 bits per heavy atom. The smallest absolute Gasteiger partial charge is 0.326 e. The van der Waals surface area contributed by atoms with E-state index in [1.807, 2.05) is 30.3 Å². The Morgan fingerprint density at radius 2 is 1.65 bits per heavy atom. The van der Waals surface area contributed by atoms with Crippen LogP contribution in [0, 0.1) is 5.92 Å². The van der Waals surface area contributed by atoms with Crippen molar-refractivity contribution in [2.24, 2.45) is 5.92 Å². The second kappa shape index (κ2) is 28.3. The van der Waals surface area contributed by atoms with Crippen LogP contribution in [0.5, 0.6) is 0 Å². The van der Waals surface area contributed by atoms with Crippen LogP contribution in [0.15, 0.2) is 113 Å². The van der Waals surface area contributed by atoms with E-state index in [-0.39, 0.29) is 56.3 Å². The number of unbranched alkanes of at least 4 members (excludes halogenated alkanes) is 1. The Labute approximate surface area is 462 Å². The number of benzene rings is 2. The zero-order valence-electron chi connectivity index (χ0n) is 45.5. The minimum atomic E-state index is -4.14. The van der Waals surface area contributed by atoms with E-state index < -0.39 is 67.1 Å². The highest BCUT2D eigenvalue weighted by Gasteiger charge is 2.45. The predicted octanol–water partition coefficient (Wildman–Crippen LogP) is 8.95. The fourth-order valence-electron chi connectivity index (χ4n) is 11.5. The number of allylic oxidation sites excluding steroid dienone is 10. The molecule has 2 aliphatic carbocycles. The zero-order valence-corrected chi connectivity index (χ0v) is 47.2. The molecule has 6 rings (SSSR count). The molecule has 0 fully saturated rings. The molecule has 2 aromatic rings. The number of rotatable bonds is 28. The molecule has 4 aliphatic rings. The van der Waals surface area contributed by atoms with Crippen LogP contribution in [0.2, 0.25) is 0 Å². The number of aliphatic carboxylic acids is 1. The van der Waals surface area contributed by atoms with Gasteiger partial charge in [-0.05, 0) is 152 Å². The molecule has 6 unspecified atom stereocenters. The van der Waals surface area contributed by atoms with E-state index in [0.717, 1.165) is 66.0 Å². The van der Waals surface area contributed by atoms with Crippen LogP contribution in [-0.4, -0.2) is 121 Å². The van der Waals surface area contributed by atoms with Gasteiger partial charge in [0.25, 0.3) is 10.1 Å². The highest BCUT2D eigenvalue weighted by Crippen LogP contribution is 2.51. The van der Waals surface area contributed by atoms with E-state index in [9.17, 15) is 56.2 Å². The van der Waals surface area contributed by atoms with E-state index in [1.165, 1.54) is 22.7 Å². The molecule has 0 aromatic heterocycles. The Kier molecular flexibility index (Phi) is 22.2. The Morgan fingerprint density at radius 1 is 0.910 bits per heavy atom. The molecule has 0 saturated carbocycles. The van der Waals surface area contributed by atoms with Crippen molar-refractivity contribution in [3.8, 4) is 0 Å². The van der Waals surface area contributed by atoms with E-state index in [4.69, 9.17) is 0 Å². The van der Waals surface area contributed by atoms with Gasteiger partial charge in [-0.25, -0.2) is 18.6 Å². The van der Waals surface area contributed by atoms with E-state index in [0.29, 0.717) is 58.2 Å². The molecule has 0 radical (unpaired) electrons. The third-order valence-electron chi connectivity index (χ3n) is 15.7. The summed E-state index contributed by atoms with van der Waals surface area (Å²) in [5.74, 6) is -0.571. The van der Waals surface area contributed by atoms with E-state index in [1.54, 1.807) is 6.92 Å². The average molecular weight is 1120 g/mol. The van der Waals surface area contributed by atoms with Crippen molar-refractivity contribution in [1.82, 2.24) is 16.0 Å². The number of hydrogen-bond acceptors (Lipinski definition) is 10. The molecule has 0 bridgehead atoms. The highest BCUT2D eigenvalue weighted by atomic mass is 32.2. The van der Waals surface area contributed by atoms with Gasteiger partial charge in [-0.1, -0.05) is 60.7 Å². The fraction of sp³-hybridized carbons (Fsp3) is 0.525. The minimum Gasteiger partial charge on any atom is -0.502 e. The number of amides is 3. The first-order chi connectivity index (χ1) is 37.2. The first-order valence-corrected chi connectivity index (χ1v) is 30.2. The monoisotopic (exact) mass is 1110 g/mol. The van der Waals surface area contributed by atoms with Crippen LogP contribution in [0.1, 0.15) is 142 Å². The molecule has 78 heavy (non-hydrogen) atoms. The number of hydrogen-bond donors (Lipinski definition) is 8. The summed E-state index contributed by atoms with van der Waals surface area (Å²) < 4.78 is 57.3. The summed E-state index contributed by atoms with van der Waals surface area (Å²) in [5.41, 5.74) is 9.15. The molecular formula is C59H80N5O12S2+. The maximum absolute atomic E-state index is 13.3. The SMILES string of the molecule is CC(CCC(O)=C=O)NC(=O)NC(CCCCNC(=O)CCCC1(C)/C(=C\C=C2/CCCC(/C=C/C3=[N+](CCCS(=O)(=O)O)c4ccccc4C3(C)C)=C2CC2C=CC(S(=O)O)CC2)N(CCCO)c2ccccc21)C(=O)O. The largest absolute Gasteiger partial charge is 0.502 e. The van der Waals surface area contributed by atoms with Gasteiger partial charge in [-0.2, -0.15) is 13.0 Å². The van der Waals surface area contributed by atoms with Crippen LogP contribution in [0.3, 0.4) is 0 Å². The van der Waals surface area contributed by atoms with E-state index >= 15 is 0 Å². The molecule has 424 valence electrons. The van der Waals surface area contributed by atoms with Gasteiger partial charge in [0.05, 0.1) is 16.4 Å². The van der Waals surface area contributed by atoms with Gasteiger partial charge in [-0.15, -0.1) is 0 Å². The minimum absolute atomic E-state index is 0.0161. The average Bonchev–Trinajstić information content (AvgIpc) is 3.83. The zero-order chi connectivity index (χ0) is 56.6. The number of aliphatic hydroxyl groups excluding tert-OH is 2. The molecule has 0 spiro atoms. The number of urea groups is 1. The van der Waals surface area contributed by atoms with Crippen LogP contribution < -0.4 is 20.9 Å². The lowest BCUT2D eigenvalue weighted by atomic mass is 9.76. The standard InChI is InChI=1S/C59H79N5O12S2/c1-41(23-28-45(67)40-66)61-57(71)62-50(56(69)70)19-9-10-34-60-55(68)22-12-33-59(4)49-18-6-8-21-52(49)64(35-13-37-65)54(59)32-27-44-16-11-15-43(47(44)39-42-24-29-46(30-25-42)77(72)73)26-31-53-58(2,3)48-17-5-7-20-51(48)63(53)36-14-38-78(74,75)76/h5-8,17-18,20-21,24,26-27,29,31-32,41-42,46,50,65H,9-16,19,22-23,25,28,30,33-39H2,1-4H3,(H6-,60,61,62,67,68,69,70,71,72,73,74,75,76)/p+1. The quantitative estimate of drug-likeness (QED) is 0.00754. The number of nitrogens with one attached hydrogen (secondary N) is 3. The van der Waals surface area contributed by atoms with Crippen molar-refractivity contribution in [3.05, 3.63) is 124 Å². The van der Waals surface area contributed by atoms with Gasteiger partial charge in [0.2, 0.25) is 11.6 Å². The molecule has 2 aromatic carbocycles. The fourth-order valence-corrected chi connectivity index (χ4v) is 12.6. The third-order valence-corrected chi connectivity index (χ3v) is 17.4. The van der Waals surface area contributed by atoms with Gasteiger partial charge < -0.3 is 40.7 Å². The summed E-state index contributed by atoms with van der Waals surface area (Å²) in [6, 6.07) is 14.2. The maximum Gasteiger partial charge on any atom is 0.326 e. The number of fused-ring (bicyclic) bond motifs is 2. The number of aliphatic hydroxyl groups is 2. The van der Waals surface area contributed by atoms with Crippen molar-refractivity contribution in [2.75, 3.05) is 36.9 Å². The summed E-state index contributed by atoms with van der Waals surface area (Å²) in [6.07, 6.45) is 21.2. The lowest BCUT2D eigenvalue weighted by Crippen LogP contribution is -2.48. The number of carbonyl (C=O) groups excluding carboxylic acids is 3. The summed E-state index contributed by atoms with van der Waals surface area (Å²) in [5, 5.41) is 36.8. The number of nitrogens with zero attached hydrogens (tertiary/aromatic N) is 2. The highest BCUT2D eigenvalue weighted by molar-refractivity contribution is 7.85. The molecule has 17 nitrogen and oxygen atoms in total. The first-order valence-electron chi connectivity index (χ1n) is 27.4. The molecule has 2 aliphatic heterocycles. The molecule has 3 amide bonds. The van der Waals surface area contributed by atoms with E-state index in [2.05, 4.69) is 101 Å². The van der Waals surface area contributed by atoms with Crippen LogP contribution >= 0.6 is 0 Å². The Hall–Kier alpha value is -5.95. The van der Waals surface area contributed by atoms with Gasteiger partial charge >= 0.3 is 12.0 Å². The van der Waals surface area contributed by atoms with Crippen molar-refractivity contribution in [3.63, 3.8) is 0 Å². The van der Waals surface area contributed by atoms with Crippen LogP contribution in [0.4, 0.5) is 16.2 Å². The second-order valence-electron chi connectivity index (χ2n) is 21.8. The second-order valence-corrected chi connectivity index (χ2v) is 24.5. The number of anilines is 1. The maximum atomic E-state index is 13.3. The van der Waals surface area contributed by atoms with Crippen LogP contribution in [0.25, 0.3) is 0 Å². The van der Waals surface area contributed by atoms with Crippen LogP contribution in [-0.2, 0) is 46.4 Å². The number of para-hydroxylation sites is 2. The normalized spacial score (nSPS) is 22.1. The van der Waals surface area contributed by atoms with Crippen molar-refractivity contribution in [2.45, 2.75) is 159 Å². The number of carbonyl (C=O) groups is 3. The van der Waals surface area contributed by atoms with Gasteiger partial charge in [0, 0.05) is 79.5 Å². The molecule has 19 heteroatoms. The number of carboxylic acid groups (broad SMARTS) is 1. The predicted molar refractivity (Wildman–Crippen MR) is 305 cm³/mol.